The summed E-state index contributed by atoms with van der Waals surface area (Å²) in [7, 11) is 0. The molecule has 0 aliphatic rings. The van der Waals surface area contributed by atoms with Crippen LogP contribution in [0, 0.1) is 5.92 Å². The molecule has 0 heterocycles. The van der Waals surface area contributed by atoms with E-state index in [1.807, 2.05) is 0 Å². The Labute approximate surface area is 101 Å². The summed E-state index contributed by atoms with van der Waals surface area (Å²) in [5, 5.41) is 12.3. The smallest absolute Gasteiger partial charge is 0.0599 e. The van der Waals surface area contributed by atoms with E-state index >= 15 is 0 Å². The lowest BCUT2D eigenvalue weighted by Gasteiger charge is -2.20. The molecule has 3 heteroatoms. The van der Waals surface area contributed by atoms with Crippen LogP contribution in [-0.2, 0) is 4.74 Å². The molecule has 1 atom stereocenters. The van der Waals surface area contributed by atoms with Gasteiger partial charge in [0.2, 0.25) is 0 Å². The maximum atomic E-state index is 8.92. The van der Waals surface area contributed by atoms with Gasteiger partial charge in [-0.2, -0.15) is 0 Å². The van der Waals surface area contributed by atoms with E-state index in [2.05, 4.69) is 33.0 Å². The zero-order valence-corrected chi connectivity index (χ0v) is 11.4. The molecule has 16 heavy (non-hydrogen) atoms. The monoisotopic (exact) mass is 231 g/mol. The number of ether oxygens (including phenoxy) is 1. The summed E-state index contributed by atoms with van der Waals surface area (Å²) in [5.41, 5.74) is -0.0460. The molecule has 0 aromatic rings. The second-order valence-electron chi connectivity index (χ2n) is 5.33. The van der Waals surface area contributed by atoms with E-state index in [1.54, 1.807) is 0 Å². The average molecular weight is 231 g/mol. The predicted molar refractivity (Wildman–Crippen MR) is 68.7 cm³/mol. The molecule has 98 valence electrons. The lowest BCUT2D eigenvalue weighted by molar-refractivity contribution is -0.00108. The summed E-state index contributed by atoms with van der Waals surface area (Å²) in [4.78, 5) is 0. The third kappa shape index (κ3) is 10.4. The van der Waals surface area contributed by atoms with Crippen molar-refractivity contribution in [3.8, 4) is 0 Å². The van der Waals surface area contributed by atoms with E-state index in [0.29, 0.717) is 12.5 Å². The minimum absolute atomic E-state index is 0.0460. The third-order valence-corrected chi connectivity index (χ3v) is 2.48. The highest BCUT2D eigenvalue weighted by atomic mass is 16.5. The molecule has 0 saturated heterocycles. The molecular formula is C13H29NO2. The predicted octanol–water partition coefficient (Wildman–Crippen LogP) is 2.19. The van der Waals surface area contributed by atoms with Crippen LogP contribution in [0.25, 0.3) is 0 Å². The fourth-order valence-corrected chi connectivity index (χ4v) is 1.67. The zero-order chi connectivity index (χ0) is 12.4. The molecule has 0 radical (unpaired) electrons. The molecule has 3 nitrogen and oxygen atoms in total. The summed E-state index contributed by atoms with van der Waals surface area (Å²) in [6.45, 7) is 11.3. The normalized spacial score (nSPS) is 14.1. The molecule has 0 aliphatic heterocycles. The summed E-state index contributed by atoms with van der Waals surface area (Å²) in [6.07, 6.45) is 3.28. The summed E-state index contributed by atoms with van der Waals surface area (Å²) < 4.78 is 5.62. The van der Waals surface area contributed by atoms with Gasteiger partial charge in [0, 0.05) is 13.2 Å². The number of hydrogen-bond acceptors (Lipinski definition) is 3. The standard InChI is InChI=1S/C13H29NO2/c1-5-6-12(7-9-15)11-14-8-10-16-13(2,3)4/h12,14-15H,5-11H2,1-4H3. The Morgan fingerprint density at radius 1 is 1.25 bits per heavy atom. The average Bonchev–Trinajstić information content (AvgIpc) is 2.16. The van der Waals surface area contributed by atoms with Gasteiger partial charge in [-0.1, -0.05) is 13.3 Å². The van der Waals surface area contributed by atoms with Crippen molar-refractivity contribution in [1.29, 1.82) is 0 Å². The molecule has 0 aromatic heterocycles. The lowest BCUT2D eigenvalue weighted by atomic mass is 10.0. The van der Waals surface area contributed by atoms with E-state index in [1.165, 1.54) is 12.8 Å². The highest BCUT2D eigenvalue weighted by Crippen LogP contribution is 2.09. The molecule has 0 amide bonds. The maximum Gasteiger partial charge on any atom is 0.0599 e. The van der Waals surface area contributed by atoms with Gasteiger partial charge in [0.05, 0.1) is 12.2 Å². The van der Waals surface area contributed by atoms with Crippen molar-refractivity contribution in [2.75, 3.05) is 26.3 Å². The van der Waals surface area contributed by atoms with Crippen molar-refractivity contribution in [3.63, 3.8) is 0 Å². The first kappa shape index (κ1) is 15.9. The molecule has 0 fully saturated rings. The van der Waals surface area contributed by atoms with Crippen molar-refractivity contribution in [3.05, 3.63) is 0 Å². The third-order valence-electron chi connectivity index (χ3n) is 2.48. The number of rotatable bonds is 9. The second kappa shape index (κ2) is 8.97. The van der Waals surface area contributed by atoms with Gasteiger partial charge in [0.15, 0.2) is 0 Å². The Morgan fingerprint density at radius 3 is 2.44 bits per heavy atom. The topological polar surface area (TPSA) is 41.5 Å². The van der Waals surface area contributed by atoms with E-state index in [0.717, 1.165) is 26.1 Å². The van der Waals surface area contributed by atoms with Crippen LogP contribution in [0.15, 0.2) is 0 Å². The first-order valence-electron chi connectivity index (χ1n) is 6.45. The second-order valence-corrected chi connectivity index (χ2v) is 5.33. The largest absolute Gasteiger partial charge is 0.396 e. The Hall–Kier alpha value is -0.120. The molecule has 0 aliphatic carbocycles. The van der Waals surface area contributed by atoms with Crippen LogP contribution in [0.5, 0.6) is 0 Å². The highest BCUT2D eigenvalue weighted by molar-refractivity contribution is 4.63. The number of hydrogen-bond donors (Lipinski definition) is 2. The van der Waals surface area contributed by atoms with Crippen LogP contribution in [0.4, 0.5) is 0 Å². The maximum absolute atomic E-state index is 8.92. The molecule has 0 bridgehead atoms. The lowest BCUT2D eigenvalue weighted by Crippen LogP contribution is -2.30. The highest BCUT2D eigenvalue weighted by Gasteiger charge is 2.09. The molecule has 0 aromatic carbocycles. The fourth-order valence-electron chi connectivity index (χ4n) is 1.67. The zero-order valence-electron chi connectivity index (χ0n) is 11.4. The summed E-state index contributed by atoms with van der Waals surface area (Å²) in [5.74, 6) is 0.602. The van der Waals surface area contributed by atoms with Crippen LogP contribution >= 0.6 is 0 Å². The Morgan fingerprint density at radius 2 is 1.94 bits per heavy atom. The number of aliphatic hydroxyl groups excluding tert-OH is 1. The Balaban J connectivity index is 3.46. The van der Waals surface area contributed by atoms with E-state index < -0.39 is 0 Å². The van der Waals surface area contributed by atoms with Crippen molar-refractivity contribution in [2.45, 2.75) is 52.6 Å². The first-order valence-corrected chi connectivity index (χ1v) is 6.45. The van der Waals surface area contributed by atoms with Crippen LogP contribution < -0.4 is 5.32 Å². The van der Waals surface area contributed by atoms with Crippen molar-refractivity contribution < 1.29 is 9.84 Å². The van der Waals surface area contributed by atoms with Gasteiger partial charge in [0.1, 0.15) is 0 Å². The number of aliphatic hydroxyl groups is 1. The molecule has 2 N–H and O–H groups in total. The minimum Gasteiger partial charge on any atom is -0.396 e. The minimum atomic E-state index is -0.0460. The SMILES string of the molecule is CCCC(CCO)CNCCOC(C)(C)C. The first-order chi connectivity index (χ1) is 7.49. The van der Waals surface area contributed by atoms with Gasteiger partial charge in [-0.15, -0.1) is 0 Å². The van der Waals surface area contributed by atoms with Gasteiger partial charge in [0.25, 0.3) is 0 Å². The van der Waals surface area contributed by atoms with Gasteiger partial charge in [-0.25, -0.2) is 0 Å². The van der Waals surface area contributed by atoms with Crippen LogP contribution in [0.2, 0.25) is 0 Å². The summed E-state index contributed by atoms with van der Waals surface area (Å²) in [6, 6.07) is 0. The fraction of sp³-hybridized carbons (Fsp3) is 1.00. The summed E-state index contributed by atoms with van der Waals surface area (Å²) >= 11 is 0. The van der Waals surface area contributed by atoms with Crippen LogP contribution in [0.1, 0.15) is 47.0 Å². The van der Waals surface area contributed by atoms with E-state index in [9.17, 15) is 0 Å². The van der Waals surface area contributed by atoms with Gasteiger partial charge in [-0.3, -0.25) is 0 Å². The Bertz CT molecular complexity index is 149. The molecule has 1 unspecified atom stereocenters. The number of nitrogens with one attached hydrogen (secondary N) is 1. The van der Waals surface area contributed by atoms with E-state index in [-0.39, 0.29) is 5.60 Å². The van der Waals surface area contributed by atoms with Crippen LogP contribution in [0.3, 0.4) is 0 Å². The van der Waals surface area contributed by atoms with Crippen molar-refractivity contribution in [2.24, 2.45) is 5.92 Å². The molecule has 0 saturated carbocycles. The van der Waals surface area contributed by atoms with Crippen molar-refractivity contribution >= 4 is 0 Å². The van der Waals surface area contributed by atoms with Gasteiger partial charge >= 0.3 is 0 Å². The van der Waals surface area contributed by atoms with Crippen molar-refractivity contribution in [1.82, 2.24) is 5.32 Å². The molecule has 0 rings (SSSR count). The quantitative estimate of drug-likeness (QED) is 0.598. The van der Waals surface area contributed by atoms with Crippen LogP contribution in [-0.4, -0.2) is 37.0 Å². The van der Waals surface area contributed by atoms with E-state index in [4.69, 9.17) is 9.84 Å². The molecule has 0 spiro atoms. The molecular weight excluding hydrogens is 202 g/mol. The Kier molecular flexibility index (Phi) is 8.90. The van der Waals surface area contributed by atoms with Gasteiger partial charge < -0.3 is 15.2 Å². The van der Waals surface area contributed by atoms with Gasteiger partial charge in [-0.05, 0) is 46.1 Å².